The monoisotopic (exact) mass is 473 g/mol. The topological polar surface area (TPSA) is 114 Å². The molecule has 0 spiro atoms. The van der Waals surface area contributed by atoms with Gasteiger partial charge >= 0.3 is 5.97 Å². The molecule has 8 nitrogen and oxygen atoms in total. The number of methoxy groups -OCH3 is 1. The average molecular weight is 474 g/mol. The maximum absolute atomic E-state index is 12.8. The Morgan fingerprint density at radius 2 is 1.51 bits per heavy atom. The molecule has 0 unspecified atom stereocenters. The number of hydrogen-bond acceptors (Lipinski definition) is 5. The van der Waals surface area contributed by atoms with Crippen LogP contribution in [-0.2, 0) is 14.3 Å². The summed E-state index contributed by atoms with van der Waals surface area (Å²) in [5.74, 6) is -1.71. The van der Waals surface area contributed by atoms with E-state index in [2.05, 4.69) is 16.0 Å². The number of benzene rings is 3. The summed E-state index contributed by atoms with van der Waals surface area (Å²) < 4.78 is 4.81. The van der Waals surface area contributed by atoms with Crippen molar-refractivity contribution in [3.8, 4) is 0 Å². The van der Waals surface area contributed by atoms with E-state index < -0.39 is 17.8 Å². The molecule has 0 aliphatic rings. The van der Waals surface area contributed by atoms with Crippen molar-refractivity contribution in [2.45, 2.75) is 13.8 Å². The summed E-state index contributed by atoms with van der Waals surface area (Å²) in [5.41, 5.74) is 2.14. The Kier molecular flexibility index (Phi) is 8.34. The Balaban J connectivity index is 1.79. The Labute approximate surface area is 203 Å². The minimum Gasteiger partial charge on any atom is -0.465 e. The molecule has 0 aliphatic heterocycles. The number of carbonyl (C=O) groups is 4. The molecule has 3 aromatic carbocycles. The van der Waals surface area contributed by atoms with Crippen molar-refractivity contribution in [2.75, 3.05) is 25.5 Å². The van der Waals surface area contributed by atoms with Gasteiger partial charge in [0.05, 0.1) is 18.4 Å². The first kappa shape index (κ1) is 25.2. The van der Waals surface area contributed by atoms with Gasteiger partial charge in [0.15, 0.2) is 0 Å². The first-order valence-electron chi connectivity index (χ1n) is 11.0. The number of ether oxygens (including phenoxy) is 1. The maximum atomic E-state index is 12.8. The molecule has 3 rings (SSSR count). The summed E-state index contributed by atoms with van der Waals surface area (Å²) >= 11 is 0. The van der Waals surface area contributed by atoms with Crippen LogP contribution < -0.4 is 16.0 Å². The number of nitrogens with one attached hydrogen (secondary N) is 3. The normalized spacial score (nSPS) is 11.0. The second kappa shape index (κ2) is 11.6. The highest BCUT2D eigenvalue weighted by atomic mass is 16.5. The molecule has 3 aromatic rings. The molecule has 0 aromatic heterocycles. The molecule has 0 fully saturated rings. The lowest BCUT2D eigenvalue weighted by Gasteiger charge is -2.12. The van der Waals surface area contributed by atoms with Gasteiger partial charge in [0.1, 0.15) is 0 Å². The molecule has 35 heavy (non-hydrogen) atoms. The van der Waals surface area contributed by atoms with E-state index in [1.165, 1.54) is 38.3 Å². The third-order valence-corrected chi connectivity index (χ3v) is 5.28. The van der Waals surface area contributed by atoms with E-state index in [-0.39, 0.29) is 35.8 Å². The summed E-state index contributed by atoms with van der Waals surface area (Å²) in [4.78, 5) is 48.4. The minimum absolute atomic E-state index is 0.118. The van der Waals surface area contributed by atoms with E-state index in [0.29, 0.717) is 0 Å². The Bertz CT molecular complexity index is 1310. The molecular weight excluding hydrogens is 446 g/mol. The van der Waals surface area contributed by atoms with Gasteiger partial charge in [-0.1, -0.05) is 36.4 Å². The third-order valence-electron chi connectivity index (χ3n) is 5.28. The van der Waals surface area contributed by atoms with E-state index in [1.807, 2.05) is 49.4 Å². The molecule has 0 saturated heterocycles. The van der Waals surface area contributed by atoms with E-state index >= 15 is 0 Å². The van der Waals surface area contributed by atoms with Crippen molar-refractivity contribution in [3.05, 3.63) is 83.4 Å². The number of anilines is 1. The van der Waals surface area contributed by atoms with Crippen LogP contribution in [0, 0.1) is 0 Å². The molecular formula is C27H27N3O5. The number of amides is 3. The standard InChI is InChI=1S/C27H27N3O5/c1-17(20-9-8-19-6-4-5-7-21(19)15-20)14-25(32)30-24-16-22(10-11-23(24)27(34)35-3)26(33)29-13-12-28-18(2)31/h4-11,14-16H,12-13H2,1-3H3,(H,28,31)(H,29,33)(H,30,32)/b17-14-. The largest absolute Gasteiger partial charge is 0.465 e. The first-order chi connectivity index (χ1) is 16.8. The van der Waals surface area contributed by atoms with E-state index in [1.54, 1.807) is 0 Å². The van der Waals surface area contributed by atoms with Gasteiger partial charge in [-0.3, -0.25) is 14.4 Å². The molecule has 8 heteroatoms. The second-order valence-corrected chi connectivity index (χ2v) is 7.87. The smallest absolute Gasteiger partial charge is 0.339 e. The summed E-state index contributed by atoms with van der Waals surface area (Å²) in [6.07, 6.45) is 1.44. The number of allylic oxidation sites excluding steroid dienone is 1. The van der Waals surface area contributed by atoms with E-state index in [4.69, 9.17) is 4.74 Å². The van der Waals surface area contributed by atoms with Crippen LogP contribution in [0.25, 0.3) is 16.3 Å². The second-order valence-electron chi connectivity index (χ2n) is 7.87. The van der Waals surface area contributed by atoms with Crippen LogP contribution in [0.2, 0.25) is 0 Å². The minimum atomic E-state index is -0.645. The number of carbonyl (C=O) groups excluding carboxylic acids is 4. The fourth-order valence-electron chi connectivity index (χ4n) is 3.48. The zero-order valence-electron chi connectivity index (χ0n) is 19.8. The summed E-state index contributed by atoms with van der Waals surface area (Å²) in [7, 11) is 1.24. The molecule has 180 valence electrons. The summed E-state index contributed by atoms with van der Waals surface area (Å²) in [6, 6.07) is 18.2. The van der Waals surface area contributed by atoms with Crippen molar-refractivity contribution >= 4 is 45.7 Å². The molecule has 0 saturated carbocycles. The first-order valence-corrected chi connectivity index (χ1v) is 11.0. The zero-order valence-corrected chi connectivity index (χ0v) is 19.8. The lowest BCUT2D eigenvalue weighted by molar-refractivity contribution is -0.119. The Hall–Kier alpha value is -4.46. The molecule has 0 radical (unpaired) electrons. The van der Waals surface area contributed by atoms with Crippen LogP contribution in [0.15, 0.2) is 66.7 Å². The summed E-state index contributed by atoms with van der Waals surface area (Å²) in [6.45, 7) is 3.72. The summed E-state index contributed by atoms with van der Waals surface area (Å²) in [5, 5.41) is 10.1. The fraction of sp³-hybridized carbons (Fsp3) is 0.185. The SMILES string of the molecule is COC(=O)c1ccc(C(=O)NCCNC(C)=O)cc1NC(=O)/C=C(/C)c1ccc2ccccc2c1. The molecule has 0 bridgehead atoms. The van der Waals surface area contributed by atoms with Crippen molar-refractivity contribution in [1.29, 1.82) is 0 Å². The van der Waals surface area contributed by atoms with Crippen molar-refractivity contribution in [3.63, 3.8) is 0 Å². The lowest BCUT2D eigenvalue weighted by Crippen LogP contribution is -2.33. The van der Waals surface area contributed by atoms with Gasteiger partial charge in [-0.05, 0) is 53.1 Å². The molecule has 0 aliphatic carbocycles. The molecule has 0 heterocycles. The van der Waals surface area contributed by atoms with Gasteiger partial charge in [0.2, 0.25) is 11.8 Å². The number of rotatable bonds is 8. The maximum Gasteiger partial charge on any atom is 0.339 e. The van der Waals surface area contributed by atoms with Crippen LogP contribution in [0.3, 0.4) is 0 Å². The Morgan fingerprint density at radius 1 is 0.829 bits per heavy atom. The fourth-order valence-corrected chi connectivity index (χ4v) is 3.48. The Morgan fingerprint density at radius 3 is 2.23 bits per heavy atom. The van der Waals surface area contributed by atoms with Crippen LogP contribution in [0.4, 0.5) is 5.69 Å². The van der Waals surface area contributed by atoms with E-state index in [0.717, 1.165) is 21.9 Å². The lowest BCUT2D eigenvalue weighted by atomic mass is 10.0. The van der Waals surface area contributed by atoms with Gasteiger partial charge in [0, 0.05) is 31.7 Å². The molecule has 0 atom stereocenters. The van der Waals surface area contributed by atoms with Gasteiger partial charge in [0.25, 0.3) is 5.91 Å². The van der Waals surface area contributed by atoms with Crippen LogP contribution >= 0.6 is 0 Å². The predicted octanol–water partition coefficient (Wildman–Crippen LogP) is 3.53. The van der Waals surface area contributed by atoms with Crippen LogP contribution in [-0.4, -0.2) is 43.9 Å². The highest BCUT2D eigenvalue weighted by Gasteiger charge is 2.17. The highest BCUT2D eigenvalue weighted by molar-refractivity contribution is 6.09. The van der Waals surface area contributed by atoms with Gasteiger partial charge < -0.3 is 20.7 Å². The third kappa shape index (κ3) is 6.77. The number of hydrogen-bond donors (Lipinski definition) is 3. The number of esters is 1. The van der Waals surface area contributed by atoms with Gasteiger partial charge in [-0.15, -0.1) is 0 Å². The number of fused-ring (bicyclic) bond motifs is 1. The quantitative estimate of drug-likeness (QED) is 0.263. The van der Waals surface area contributed by atoms with Crippen LogP contribution in [0.1, 0.15) is 40.1 Å². The van der Waals surface area contributed by atoms with Crippen molar-refractivity contribution in [2.24, 2.45) is 0 Å². The average Bonchev–Trinajstić information content (AvgIpc) is 2.85. The van der Waals surface area contributed by atoms with Crippen LogP contribution in [0.5, 0.6) is 0 Å². The molecule has 3 N–H and O–H groups in total. The molecule has 3 amide bonds. The van der Waals surface area contributed by atoms with E-state index in [9.17, 15) is 19.2 Å². The zero-order chi connectivity index (χ0) is 25.4. The predicted molar refractivity (Wildman–Crippen MR) is 135 cm³/mol. The highest BCUT2D eigenvalue weighted by Crippen LogP contribution is 2.22. The van der Waals surface area contributed by atoms with Crippen molar-refractivity contribution in [1.82, 2.24) is 10.6 Å². The van der Waals surface area contributed by atoms with Gasteiger partial charge in [-0.2, -0.15) is 0 Å². The van der Waals surface area contributed by atoms with Crippen molar-refractivity contribution < 1.29 is 23.9 Å². The van der Waals surface area contributed by atoms with Gasteiger partial charge in [-0.25, -0.2) is 4.79 Å².